The molecule has 0 aliphatic heterocycles. The van der Waals surface area contributed by atoms with E-state index in [0.717, 1.165) is 72.1 Å². The summed E-state index contributed by atoms with van der Waals surface area (Å²) in [6.45, 7) is 8.31. The minimum atomic E-state index is 0.685. The highest BCUT2D eigenvalue weighted by molar-refractivity contribution is 6.00. The molecule has 5 aromatic carbocycles. The van der Waals surface area contributed by atoms with Gasteiger partial charge in [0.2, 0.25) is 0 Å². The maximum atomic E-state index is 5.19. The van der Waals surface area contributed by atoms with Crippen LogP contribution in [0.3, 0.4) is 0 Å². The summed E-state index contributed by atoms with van der Waals surface area (Å²) in [4.78, 5) is 14.3. The predicted octanol–water partition coefficient (Wildman–Crippen LogP) is 10.6. The molecule has 7 rings (SSSR count). The van der Waals surface area contributed by atoms with E-state index in [2.05, 4.69) is 103 Å². The molecule has 3 nitrogen and oxygen atoms in total. The van der Waals surface area contributed by atoms with Crippen molar-refractivity contribution in [2.24, 2.45) is 0 Å². The molecule has 0 radical (unpaired) electrons. The molecule has 0 saturated carbocycles. The number of hydrogen-bond acceptors (Lipinski definition) is 3. The molecule has 0 amide bonds. The quantitative estimate of drug-likeness (QED) is 0.194. The van der Waals surface area contributed by atoms with Gasteiger partial charge in [0.15, 0.2) is 5.82 Å². The molecule has 2 heterocycles. The van der Waals surface area contributed by atoms with Crippen LogP contribution in [0.5, 0.6) is 0 Å². The maximum Gasteiger partial charge on any atom is 0.159 e. The highest BCUT2D eigenvalue weighted by Crippen LogP contribution is 2.38. The Morgan fingerprint density at radius 1 is 0.500 bits per heavy atom. The maximum absolute atomic E-state index is 5.19. The molecule has 3 heteroatoms. The first-order valence-corrected chi connectivity index (χ1v) is 14.6. The summed E-state index contributed by atoms with van der Waals surface area (Å²) in [6, 6.07) is 41.9. The summed E-state index contributed by atoms with van der Waals surface area (Å²) in [5.41, 5.74) is 11.3. The van der Waals surface area contributed by atoms with Crippen LogP contribution < -0.4 is 0 Å². The van der Waals surface area contributed by atoms with Crippen molar-refractivity contribution in [3.8, 4) is 56.0 Å². The zero-order valence-electron chi connectivity index (χ0n) is 24.2. The fraction of sp³-hybridized carbons (Fsp3) is 0. The number of aromatic nitrogens is 3. The van der Waals surface area contributed by atoms with Gasteiger partial charge in [-0.15, -0.1) is 0 Å². The Hall–Kier alpha value is -5.93. The van der Waals surface area contributed by atoms with E-state index in [9.17, 15) is 0 Å². The average Bonchev–Trinajstić information content (AvgIpc) is 3.11. The van der Waals surface area contributed by atoms with Crippen molar-refractivity contribution >= 4 is 22.9 Å². The van der Waals surface area contributed by atoms with Gasteiger partial charge in [0.05, 0.1) is 5.69 Å². The predicted molar refractivity (Wildman–Crippen MR) is 185 cm³/mol. The van der Waals surface area contributed by atoms with Crippen LogP contribution in [0.1, 0.15) is 11.1 Å². The van der Waals surface area contributed by atoms with Crippen molar-refractivity contribution in [1.29, 1.82) is 0 Å². The fourth-order valence-electron chi connectivity index (χ4n) is 5.84. The molecule has 0 saturated heterocycles. The summed E-state index contributed by atoms with van der Waals surface area (Å²) in [6.07, 6.45) is 9.48. The molecule has 7 aromatic rings. The van der Waals surface area contributed by atoms with E-state index in [4.69, 9.17) is 9.97 Å². The molecule has 0 atom stereocenters. The van der Waals surface area contributed by atoms with Crippen LogP contribution in [-0.2, 0) is 0 Å². The van der Waals surface area contributed by atoms with Crippen LogP contribution in [0.2, 0.25) is 0 Å². The lowest BCUT2D eigenvalue weighted by molar-refractivity contribution is 1.18. The van der Waals surface area contributed by atoms with Crippen molar-refractivity contribution in [3.63, 3.8) is 0 Å². The van der Waals surface area contributed by atoms with Crippen molar-refractivity contribution in [1.82, 2.24) is 15.0 Å². The van der Waals surface area contributed by atoms with Gasteiger partial charge in [0, 0.05) is 40.8 Å². The van der Waals surface area contributed by atoms with Gasteiger partial charge in [0.25, 0.3) is 0 Å². The molecule has 208 valence electrons. The minimum Gasteiger partial charge on any atom is -0.264 e. The van der Waals surface area contributed by atoms with Crippen molar-refractivity contribution in [2.45, 2.75) is 0 Å². The molecule has 0 spiro atoms. The first kappa shape index (κ1) is 26.9. The normalized spacial score (nSPS) is 10.9. The van der Waals surface area contributed by atoms with E-state index in [1.807, 2.05) is 60.9 Å². The SMILES string of the molecule is C=Cc1c(-c2cccc(-c3nc(-c4ccccc4)ncc3-c3cccc(-c4cccnc4)c3)c2)cc2ccccc2c1C=C. The minimum absolute atomic E-state index is 0.685. The second-order valence-corrected chi connectivity index (χ2v) is 10.6. The average molecular weight is 564 g/mol. The Bertz CT molecular complexity index is 2150. The van der Waals surface area contributed by atoms with E-state index in [-0.39, 0.29) is 0 Å². The number of nitrogens with zero attached hydrogens (tertiary/aromatic N) is 3. The molecular formula is C41H29N3. The third-order valence-electron chi connectivity index (χ3n) is 7.98. The topological polar surface area (TPSA) is 38.7 Å². The number of rotatable bonds is 7. The molecule has 0 bridgehead atoms. The zero-order valence-corrected chi connectivity index (χ0v) is 24.2. The molecule has 0 fully saturated rings. The molecule has 44 heavy (non-hydrogen) atoms. The first-order chi connectivity index (χ1) is 21.7. The lowest BCUT2D eigenvalue weighted by Gasteiger charge is -2.16. The van der Waals surface area contributed by atoms with Crippen LogP contribution in [0.15, 0.2) is 153 Å². The Labute approximate surface area is 257 Å². The van der Waals surface area contributed by atoms with Gasteiger partial charge in [-0.2, -0.15) is 0 Å². The summed E-state index contributed by atoms with van der Waals surface area (Å²) < 4.78 is 0. The molecule has 2 aromatic heterocycles. The van der Waals surface area contributed by atoms with Gasteiger partial charge in [-0.25, -0.2) is 9.97 Å². The van der Waals surface area contributed by atoms with E-state index in [1.165, 1.54) is 0 Å². The molecule has 0 aliphatic rings. The lowest BCUT2D eigenvalue weighted by atomic mass is 9.89. The van der Waals surface area contributed by atoms with Gasteiger partial charge >= 0.3 is 0 Å². The van der Waals surface area contributed by atoms with E-state index in [0.29, 0.717) is 5.82 Å². The molecule has 0 N–H and O–H groups in total. The van der Waals surface area contributed by atoms with E-state index >= 15 is 0 Å². The number of fused-ring (bicyclic) bond motifs is 1. The number of benzene rings is 5. The Morgan fingerprint density at radius 2 is 1.16 bits per heavy atom. The van der Waals surface area contributed by atoms with Gasteiger partial charge in [0.1, 0.15) is 0 Å². The fourth-order valence-corrected chi connectivity index (χ4v) is 5.84. The highest BCUT2D eigenvalue weighted by atomic mass is 14.9. The standard InChI is InChI=1S/C41H29N3/c1-3-35-36(4-2)38(25-32-15-8-9-21-37(32)35)30-17-11-19-33(24-30)40-39(27-43-41(44-40)28-13-6-5-7-14-28)31-18-10-16-29(23-31)34-20-12-22-42-26-34/h3-27H,1-2H2. The number of pyridine rings is 1. The first-order valence-electron chi connectivity index (χ1n) is 14.6. The van der Waals surface area contributed by atoms with Crippen LogP contribution in [-0.4, -0.2) is 15.0 Å². The zero-order chi connectivity index (χ0) is 29.9. The van der Waals surface area contributed by atoms with Crippen molar-refractivity contribution in [2.75, 3.05) is 0 Å². The molecule has 0 unspecified atom stereocenters. The van der Waals surface area contributed by atoms with Crippen LogP contribution in [0, 0.1) is 0 Å². The lowest BCUT2D eigenvalue weighted by Crippen LogP contribution is -1.97. The number of hydrogen-bond donors (Lipinski definition) is 0. The summed E-state index contributed by atoms with van der Waals surface area (Å²) in [7, 11) is 0. The van der Waals surface area contributed by atoms with Gasteiger partial charge < -0.3 is 0 Å². The van der Waals surface area contributed by atoms with Gasteiger partial charge in [-0.3, -0.25) is 4.98 Å². The third kappa shape index (κ3) is 5.01. The molecular weight excluding hydrogens is 534 g/mol. The summed E-state index contributed by atoms with van der Waals surface area (Å²) >= 11 is 0. The van der Waals surface area contributed by atoms with Crippen LogP contribution in [0.4, 0.5) is 0 Å². The Kier molecular flexibility index (Phi) is 7.19. The van der Waals surface area contributed by atoms with Crippen LogP contribution >= 0.6 is 0 Å². The third-order valence-corrected chi connectivity index (χ3v) is 7.98. The van der Waals surface area contributed by atoms with Gasteiger partial charge in [-0.05, 0) is 68.4 Å². The second-order valence-electron chi connectivity index (χ2n) is 10.6. The van der Waals surface area contributed by atoms with E-state index < -0.39 is 0 Å². The largest absolute Gasteiger partial charge is 0.264 e. The summed E-state index contributed by atoms with van der Waals surface area (Å²) in [5.74, 6) is 0.685. The smallest absolute Gasteiger partial charge is 0.159 e. The highest BCUT2D eigenvalue weighted by Gasteiger charge is 2.16. The Morgan fingerprint density at radius 3 is 1.93 bits per heavy atom. The van der Waals surface area contributed by atoms with Crippen molar-refractivity contribution in [3.05, 3.63) is 164 Å². The second kappa shape index (κ2) is 11.7. The summed E-state index contributed by atoms with van der Waals surface area (Å²) in [5, 5.41) is 2.33. The van der Waals surface area contributed by atoms with E-state index in [1.54, 1.807) is 6.20 Å². The monoisotopic (exact) mass is 563 g/mol. The van der Waals surface area contributed by atoms with Crippen LogP contribution in [0.25, 0.3) is 79.0 Å². The van der Waals surface area contributed by atoms with Crippen molar-refractivity contribution < 1.29 is 0 Å². The van der Waals surface area contributed by atoms with Gasteiger partial charge in [-0.1, -0.05) is 122 Å². The Balaban J connectivity index is 1.43. The molecule has 0 aliphatic carbocycles.